The van der Waals surface area contributed by atoms with E-state index in [1.54, 1.807) is 24.3 Å². The fraction of sp³-hybridized carbons (Fsp3) is 0.814. The molecule has 0 amide bonds. The third-order valence-electron chi connectivity index (χ3n) is 10.1. The highest BCUT2D eigenvalue weighted by Crippen LogP contribution is 2.43. The summed E-state index contributed by atoms with van der Waals surface area (Å²) in [5.74, 6) is -1.73. The number of hydrogen-bond donors (Lipinski definition) is 5. The Balaban J connectivity index is 2.44. The summed E-state index contributed by atoms with van der Waals surface area (Å²) >= 11 is 0. The number of unbranched alkanes of at least 4 members (excludes halogenated alkanes) is 15. The Morgan fingerprint density at radius 1 is 0.768 bits per heavy atom. The number of nitrogens with two attached hydrogens (primary N) is 1. The van der Waals surface area contributed by atoms with Gasteiger partial charge >= 0.3 is 19.8 Å². The molecule has 0 heterocycles. The van der Waals surface area contributed by atoms with Gasteiger partial charge in [-0.15, -0.1) is 0 Å². The van der Waals surface area contributed by atoms with Gasteiger partial charge in [0.15, 0.2) is 6.10 Å². The highest BCUT2D eigenvalue weighted by Gasteiger charge is 2.39. The Labute approximate surface area is 338 Å². The highest BCUT2D eigenvalue weighted by molar-refractivity contribution is 7.47. The molecular weight excluding hydrogens is 737 g/mol. The smallest absolute Gasteiger partial charge is 0.461 e. The van der Waals surface area contributed by atoms with E-state index in [9.17, 15) is 34.4 Å². The van der Waals surface area contributed by atoms with Crippen LogP contribution in [-0.4, -0.2) is 82.9 Å². The first-order valence-corrected chi connectivity index (χ1v) is 23.2. The zero-order valence-electron chi connectivity index (χ0n) is 34.7. The molecule has 6 N–H and O–H groups in total. The second-order valence-electron chi connectivity index (χ2n) is 15.2. The molecule has 13 heteroatoms. The highest BCUT2D eigenvalue weighted by atomic mass is 31.2. The van der Waals surface area contributed by atoms with Crippen molar-refractivity contribution in [3.63, 3.8) is 0 Å². The van der Waals surface area contributed by atoms with Crippen LogP contribution < -0.4 is 5.73 Å². The molecule has 0 aromatic carbocycles. The summed E-state index contributed by atoms with van der Waals surface area (Å²) in [7, 11) is -4.46. The number of esters is 2. The lowest BCUT2D eigenvalue weighted by Crippen LogP contribution is -2.29. The molecule has 1 aliphatic carbocycles. The lowest BCUT2D eigenvalue weighted by Gasteiger charge is -2.20. The van der Waals surface area contributed by atoms with Gasteiger partial charge in [0.1, 0.15) is 6.61 Å². The molecule has 1 fully saturated rings. The van der Waals surface area contributed by atoms with Gasteiger partial charge in [0.2, 0.25) is 0 Å². The third kappa shape index (κ3) is 27.7. The predicted molar refractivity (Wildman–Crippen MR) is 222 cm³/mol. The van der Waals surface area contributed by atoms with E-state index < -0.39 is 50.8 Å². The molecule has 7 atom stereocenters. The van der Waals surface area contributed by atoms with Crippen LogP contribution in [0.2, 0.25) is 0 Å². The van der Waals surface area contributed by atoms with Crippen molar-refractivity contribution >= 4 is 19.8 Å². The second-order valence-corrected chi connectivity index (χ2v) is 16.6. The fourth-order valence-corrected chi connectivity index (χ4v) is 7.54. The summed E-state index contributed by atoms with van der Waals surface area (Å²) in [6.45, 7) is 3.24. The number of phosphoric ester groups is 1. The number of ether oxygens (including phenoxy) is 2. The van der Waals surface area contributed by atoms with Gasteiger partial charge in [-0.2, -0.15) is 0 Å². The maximum atomic E-state index is 12.6. The van der Waals surface area contributed by atoms with Crippen molar-refractivity contribution < 1.29 is 52.9 Å². The summed E-state index contributed by atoms with van der Waals surface area (Å²) in [4.78, 5) is 35.1. The molecule has 1 rings (SSSR count). The summed E-state index contributed by atoms with van der Waals surface area (Å²) in [6.07, 6.45) is 30.2. The average Bonchev–Trinajstić information content (AvgIpc) is 3.44. The van der Waals surface area contributed by atoms with Crippen molar-refractivity contribution in [3.05, 3.63) is 36.5 Å². The normalized spacial score (nSPS) is 20.9. The molecular formula is C43H78NO11P. The molecule has 0 radical (unpaired) electrons. The minimum absolute atomic E-state index is 0.00799. The quantitative estimate of drug-likeness (QED) is 0.0175. The van der Waals surface area contributed by atoms with E-state index in [1.165, 1.54) is 57.8 Å². The molecule has 0 spiro atoms. The van der Waals surface area contributed by atoms with Crippen molar-refractivity contribution in [2.45, 2.75) is 186 Å². The number of carbonyl (C=O) groups excluding carboxylic acids is 2. The minimum Gasteiger partial charge on any atom is -0.461 e. The first-order valence-electron chi connectivity index (χ1n) is 21.7. The molecule has 0 saturated heterocycles. The average molecular weight is 816 g/mol. The molecule has 56 heavy (non-hydrogen) atoms. The Morgan fingerprint density at radius 2 is 1.38 bits per heavy atom. The Kier molecular flexibility index (Phi) is 31.7. The largest absolute Gasteiger partial charge is 0.472 e. The van der Waals surface area contributed by atoms with Gasteiger partial charge in [-0.1, -0.05) is 134 Å². The molecule has 0 aromatic rings. The van der Waals surface area contributed by atoms with E-state index >= 15 is 0 Å². The van der Waals surface area contributed by atoms with Crippen LogP contribution >= 0.6 is 7.82 Å². The lowest BCUT2D eigenvalue weighted by molar-refractivity contribution is -0.160. The lowest BCUT2D eigenvalue weighted by atomic mass is 9.89. The van der Waals surface area contributed by atoms with Crippen molar-refractivity contribution in [2.24, 2.45) is 17.6 Å². The van der Waals surface area contributed by atoms with E-state index in [4.69, 9.17) is 24.3 Å². The molecule has 1 aliphatic rings. The van der Waals surface area contributed by atoms with Crippen LogP contribution in [-0.2, 0) is 32.7 Å². The zero-order chi connectivity index (χ0) is 41.3. The number of aliphatic hydroxyl groups excluding tert-OH is 3. The number of aliphatic hydroxyl groups is 3. The number of carbonyl (C=O) groups is 2. The molecule has 326 valence electrons. The molecule has 0 aromatic heterocycles. The van der Waals surface area contributed by atoms with Crippen LogP contribution in [0.25, 0.3) is 0 Å². The Hall–Kier alpha value is -1.89. The second kappa shape index (κ2) is 34.0. The number of phosphoric acid groups is 1. The van der Waals surface area contributed by atoms with Gasteiger partial charge in [-0.05, 0) is 50.9 Å². The maximum Gasteiger partial charge on any atom is 0.472 e. The van der Waals surface area contributed by atoms with Gasteiger partial charge < -0.3 is 35.4 Å². The zero-order valence-corrected chi connectivity index (χ0v) is 35.6. The van der Waals surface area contributed by atoms with Crippen LogP contribution in [0.3, 0.4) is 0 Å². The van der Waals surface area contributed by atoms with Gasteiger partial charge in [-0.3, -0.25) is 18.6 Å². The first kappa shape index (κ1) is 52.1. The van der Waals surface area contributed by atoms with Crippen LogP contribution in [0.15, 0.2) is 36.5 Å². The van der Waals surface area contributed by atoms with E-state index in [0.29, 0.717) is 19.3 Å². The maximum absolute atomic E-state index is 12.6. The summed E-state index contributed by atoms with van der Waals surface area (Å²) < 4.78 is 32.7. The van der Waals surface area contributed by atoms with Crippen molar-refractivity contribution in [3.8, 4) is 0 Å². The van der Waals surface area contributed by atoms with E-state index in [1.807, 2.05) is 0 Å². The van der Waals surface area contributed by atoms with E-state index in [2.05, 4.69) is 26.0 Å². The van der Waals surface area contributed by atoms with Gasteiger partial charge in [-0.25, -0.2) is 4.57 Å². The van der Waals surface area contributed by atoms with Crippen molar-refractivity contribution in [1.29, 1.82) is 0 Å². The van der Waals surface area contributed by atoms with Gasteiger partial charge in [0.25, 0.3) is 0 Å². The van der Waals surface area contributed by atoms with E-state index in [-0.39, 0.29) is 50.9 Å². The molecule has 12 nitrogen and oxygen atoms in total. The topological polar surface area (TPSA) is 195 Å². The van der Waals surface area contributed by atoms with Crippen LogP contribution in [0, 0.1) is 11.8 Å². The minimum atomic E-state index is -4.46. The summed E-state index contributed by atoms with van der Waals surface area (Å²) in [5.41, 5.74) is 5.34. The summed E-state index contributed by atoms with van der Waals surface area (Å²) in [5, 5.41) is 31.3. The summed E-state index contributed by atoms with van der Waals surface area (Å²) in [6, 6.07) is 0. The molecule has 1 saturated carbocycles. The van der Waals surface area contributed by atoms with Gasteiger partial charge in [0.05, 0.1) is 37.9 Å². The van der Waals surface area contributed by atoms with Crippen LogP contribution in [0.1, 0.15) is 162 Å². The Bertz CT molecular complexity index is 1130. The molecule has 1 unspecified atom stereocenters. The predicted octanol–water partition coefficient (Wildman–Crippen LogP) is 8.54. The van der Waals surface area contributed by atoms with Gasteiger partial charge in [0, 0.05) is 25.3 Å². The standard InChI is InChI=1S/C43H78NO11P/c1-3-5-7-8-9-10-11-12-13-14-15-16-17-18-19-20-22-28-43(49)55-37(35-54-56(50,51)53-32-31-44)34-52-42(48)27-24-23-26-38-39(41(47)33-40(38)46)30-29-36(45)25-21-6-4-2/h12-13,23-24,29-30,36-41,45-47H,3-11,14-22,25-28,31-35,44H2,1-2H3,(H,50,51)/b13-12-,24-23-,30-29+/t36-,37-,38+,39-,40+,41-/m1/s1. The first-order chi connectivity index (χ1) is 27.0. The van der Waals surface area contributed by atoms with E-state index in [0.717, 1.165) is 51.4 Å². The molecule has 0 aliphatic heterocycles. The van der Waals surface area contributed by atoms with Crippen LogP contribution in [0.4, 0.5) is 0 Å². The number of allylic oxidation sites excluding steroid dienone is 3. The Morgan fingerprint density at radius 3 is 2.02 bits per heavy atom. The SMILES string of the molecule is CCCCCCCC/C=C\CCCCCCCCCC(=O)O[C@H](COC(=O)C/C=C\C[C@H]1[C@@H](/C=C/[C@H](O)CCCCC)[C@H](O)C[C@@H]1O)COP(=O)(O)OCCN. The third-order valence-corrected chi connectivity index (χ3v) is 11.1. The number of rotatable bonds is 36. The van der Waals surface area contributed by atoms with Crippen molar-refractivity contribution in [2.75, 3.05) is 26.4 Å². The monoisotopic (exact) mass is 816 g/mol. The molecule has 0 bridgehead atoms. The van der Waals surface area contributed by atoms with Crippen molar-refractivity contribution in [1.82, 2.24) is 0 Å². The number of hydrogen-bond acceptors (Lipinski definition) is 11. The van der Waals surface area contributed by atoms with Crippen LogP contribution in [0.5, 0.6) is 0 Å². The fourth-order valence-electron chi connectivity index (χ4n) is 6.78.